The molecular weight excluding hydrogens is 298 g/mol. The normalized spacial score (nSPS) is 21.2. The average Bonchev–Trinajstić information content (AvgIpc) is 3.07. The van der Waals surface area contributed by atoms with Crippen LogP contribution in [0.2, 0.25) is 0 Å². The summed E-state index contributed by atoms with van der Waals surface area (Å²) >= 11 is 3.41. The summed E-state index contributed by atoms with van der Waals surface area (Å²) in [6, 6.07) is 5.74. The van der Waals surface area contributed by atoms with Gasteiger partial charge in [0.2, 0.25) is 0 Å². The second-order valence-corrected chi connectivity index (χ2v) is 5.13. The van der Waals surface area contributed by atoms with Crippen LogP contribution in [-0.2, 0) is 4.79 Å². The summed E-state index contributed by atoms with van der Waals surface area (Å²) in [5.41, 5.74) is 11.4. The standard InChI is InChI=1S/C12H14BrN3O2/c1-18-10-3-2-6(13)4-8(10)7-5-9(7)11(17)16-12(14)15/h2-4,7,9H,5H2,1H3,(H4,14,15,16,17). The Kier molecular flexibility index (Phi) is 3.56. The van der Waals surface area contributed by atoms with Crippen molar-refractivity contribution >= 4 is 27.8 Å². The van der Waals surface area contributed by atoms with Gasteiger partial charge in [0.05, 0.1) is 7.11 Å². The number of hydrogen-bond donors (Lipinski definition) is 2. The van der Waals surface area contributed by atoms with Crippen LogP contribution in [0.4, 0.5) is 0 Å². The van der Waals surface area contributed by atoms with Crippen molar-refractivity contribution in [2.45, 2.75) is 12.3 Å². The molecule has 4 N–H and O–H groups in total. The lowest BCUT2D eigenvalue weighted by atomic mass is 10.1. The molecular formula is C12H14BrN3O2. The summed E-state index contributed by atoms with van der Waals surface area (Å²) in [6.45, 7) is 0. The van der Waals surface area contributed by atoms with Gasteiger partial charge < -0.3 is 16.2 Å². The fourth-order valence-electron chi connectivity index (χ4n) is 2.02. The third-order valence-electron chi connectivity index (χ3n) is 2.94. The summed E-state index contributed by atoms with van der Waals surface area (Å²) in [5, 5.41) is 0. The molecule has 0 saturated heterocycles. The summed E-state index contributed by atoms with van der Waals surface area (Å²) in [4.78, 5) is 15.3. The summed E-state index contributed by atoms with van der Waals surface area (Å²) < 4.78 is 6.25. The fourth-order valence-corrected chi connectivity index (χ4v) is 2.40. The minimum atomic E-state index is -0.262. The van der Waals surface area contributed by atoms with Crippen molar-refractivity contribution in [3.8, 4) is 5.75 Å². The highest BCUT2D eigenvalue weighted by molar-refractivity contribution is 9.10. The number of hydrogen-bond acceptors (Lipinski definition) is 2. The molecule has 0 bridgehead atoms. The van der Waals surface area contributed by atoms with Crippen LogP contribution in [0.15, 0.2) is 27.7 Å². The van der Waals surface area contributed by atoms with E-state index in [2.05, 4.69) is 20.9 Å². The molecule has 1 aliphatic rings. The second-order valence-electron chi connectivity index (χ2n) is 4.21. The molecule has 0 heterocycles. The van der Waals surface area contributed by atoms with Gasteiger partial charge in [-0.2, -0.15) is 4.99 Å². The molecule has 1 aliphatic carbocycles. The van der Waals surface area contributed by atoms with Gasteiger partial charge in [0, 0.05) is 16.3 Å². The largest absolute Gasteiger partial charge is 0.496 e. The zero-order chi connectivity index (χ0) is 13.3. The molecule has 0 spiro atoms. The lowest BCUT2D eigenvalue weighted by molar-refractivity contribution is -0.119. The quantitative estimate of drug-likeness (QED) is 0.651. The average molecular weight is 312 g/mol. The predicted octanol–water partition coefficient (Wildman–Crippen LogP) is 1.36. The number of nitrogens with zero attached hydrogens (tertiary/aromatic N) is 1. The third-order valence-corrected chi connectivity index (χ3v) is 3.43. The van der Waals surface area contributed by atoms with E-state index in [1.165, 1.54) is 0 Å². The molecule has 6 heteroatoms. The number of guanidine groups is 1. The summed E-state index contributed by atoms with van der Waals surface area (Å²) in [5.74, 6) is 0.320. The van der Waals surface area contributed by atoms with E-state index in [1.54, 1.807) is 7.11 Å². The van der Waals surface area contributed by atoms with Gasteiger partial charge in [0.25, 0.3) is 5.91 Å². The Labute approximate surface area is 113 Å². The van der Waals surface area contributed by atoms with Crippen molar-refractivity contribution in [3.63, 3.8) is 0 Å². The smallest absolute Gasteiger partial charge is 0.252 e. The van der Waals surface area contributed by atoms with Crippen molar-refractivity contribution in [2.24, 2.45) is 22.4 Å². The number of carbonyl (C=O) groups is 1. The fraction of sp³-hybridized carbons (Fsp3) is 0.333. The third kappa shape index (κ3) is 2.64. The topological polar surface area (TPSA) is 90.7 Å². The van der Waals surface area contributed by atoms with E-state index in [1.807, 2.05) is 18.2 Å². The van der Waals surface area contributed by atoms with E-state index >= 15 is 0 Å². The summed E-state index contributed by atoms with van der Waals surface area (Å²) in [6.07, 6.45) is 0.752. The minimum absolute atomic E-state index is 0.132. The molecule has 1 amide bonds. The van der Waals surface area contributed by atoms with Gasteiger partial charge in [-0.3, -0.25) is 4.79 Å². The molecule has 1 aromatic carbocycles. The number of aliphatic imine (C=N–C) groups is 1. The highest BCUT2D eigenvalue weighted by atomic mass is 79.9. The number of nitrogens with two attached hydrogens (primary N) is 2. The van der Waals surface area contributed by atoms with Crippen molar-refractivity contribution in [1.29, 1.82) is 0 Å². The molecule has 96 valence electrons. The zero-order valence-corrected chi connectivity index (χ0v) is 11.5. The van der Waals surface area contributed by atoms with Crippen molar-refractivity contribution < 1.29 is 9.53 Å². The van der Waals surface area contributed by atoms with Gasteiger partial charge in [0.1, 0.15) is 5.75 Å². The van der Waals surface area contributed by atoms with E-state index in [0.29, 0.717) is 0 Å². The van der Waals surface area contributed by atoms with E-state index in [4.69, 9.17) is 16.2 Å². The Morgan fingerprint density at radius 2 is 2.22 bits per heavy atom. The molecule has 0 radical (unpaired) electrons. The van der Waals surface area contributed by atoms with Gasteiger partial charge >= 0.3 is 0 Å². The highest BCUT2D eigenvalue weighted by Crippen LogP contribution is 2.51. The number of benzene rings is 1. The Morgan fingerprint density at radius 3 is 2.83 bits per heavy atom. The molecule has 0 aliphatic heterocycles. The van der Waals surface area contributed by atoms with Crippen LogP contribution < -0.4 is 16.2 Å². The van der Waals surface area contributed by atoms with E-state index in [9.17, 15) is 4.79 Å². The van der Waals surface area contributed by atoms with E-state index in [-0.39, 0.29) is 23.7 Å². The number of methoxy groups -OCH3 is 1. The molecule has 2 atom stereocenters. The summed E-state index contributed by atoms with van der Waals surface area (Å²) in [7, 11) is 1.61. The Balaban J connectivity index is 2.19. The Morgan fingerprint density at radius 1 is 1.50 bits per heavy atom. The molecule has 1 fully saturated rings. The van der Waals surface area contributed by atoms with Crippen molar-refractivity contribution in [3.05, 3.63) is 28.2 Å². The van der Waals surface area contributed by atoms with Gasteiger partial charge in [-0.15, -0.1) is 0 Å². The maximum atomic E-state index is 11.7. The number of ether oxygens (including phenoxy) is 1. The van der Waals surface area contributed by atoms with Gasteiger partial charge in [-0.1, -0.05) is 15.9 Å². The lowest BCUT2D eigenvalue weighted by Gasteiger charge is -2.08. The molecule has 5 nitrogen and oxygen atoms in total. The van der Waals surface area contributed by atoms with Crippen LogP contribution in [0.1, 0.15) is 17.9 Å². The predicted molar refractivity (Wildman–Crippen MR) is 72.4 cm³/mol. The van der Waals surface area contributed by atoms with Gasteiger partial charge in [0.15, 0.2) is 5.96 Å². The van der Waals surface area contributed by atoms with Crippen LogP contribution in [0.3, 0.4) is 0 Å². The first kappa shape index (κ1) is 12.9. The van der Waals surface area contributed by atoms with Crippen molar-refractivity contribution in [1.82, 2.24) is 0 Å². The van der Waals surface area contributed by atoms with Crippen LogP contribution in [-0.4, -0.2) is 19.0 Å². The van der Waals surface area contributed by atoms with E-state index < -0.39 is 0 Å². The molecule has 18 heavy (non-hydrogen) atoms. The number of amides is 1. The Bertz CT molecular complexity index is 512. The van der Waals surface area contributed by atoms with Gasteiger partial charge in [-0.25, -0.2) is 0 Å². The first-order valence-electron chi connectivity index (χ1n) is 5.50. The highest BCUT2D eigenvalue weighted by Gasteiger charge is 2.45. The molecule has 0 aromatic heterocycles. The second kappa shape index (κ2) is 4.97. The van der Waals surface area contributed by atoms with E-state index in [0.717, 1.165) is 22.2 Å². The van der Waals surface area contributed by atoms with Crippen LogP contribution in [0.25, 0.3) is 0 Å². The number of carbonyl (C=O) groups excluding carboxylic acids is 1. The SMILES string of the molecule is COc1ccc(Br)cc1C1CC1C(=O)N=C(N)N. The van der Waals surface area contributed by atoms with Crippen LogP contribution >= 0.6 is 15.9 Å². The molecule has 2 unspecified atom stereocenters. The van der Waals surface area contributed by atoms with Crippen molar-refractivity contribution in [2.75, 3.05) is 7.11 Å². The van der Waals surface area contributed by atoms with Crippen LogP contribution in [0.5, 0.6) is 5.75 Å². The molecule has 2 rings (SSSR count). The lowest BCUT2D eigenvalue weighted by Crippen LogP contribution is -2.24. The first-order valence-corrected chi connectivity index (χ1v) is 6.29. The number of rotatable bonds is 3. The van der Waals surface area contributed by atoms with Gasteiger partial charge in [-0.05, 0) is 30.2 Å². The first-order chi connectivity index (χ1) is 8.52. The minimum Gasteiger partial charge on any atom is -0.496 e. The van der Waals surface area contributed by atoms with Crippen LogP contribution in [0, 0.1) is 5.92 Å². The molecule has 1 saturated carbocycles. The Hall–Kier alpha value is -1.56. The maximum Gasteiger partial charge on any atom is 0.252 e. The maximum absolute atomic E-state index is 11.7. The monoisotopic (exact) mass is 311 g/mol. The molecule has 1 aromatic rings. The number of halogens is 1. The zero-order valence-electron chi connectivity index (χ0n) is 9.89.